The van der Waals surface area contributed by atoms with Crippen molar-refractivity contribution in [2.75, 3.05) is 14.2 Å². The van der Waals surface area contributed by atoms with Gasteiger partial charge in [0.05, 0.1) is 19.1 Å². The van der Waals surface area contributed by atoms with Gasteiger partial charge < -0.3 is 9.47 Å². The van der Waals surface area contributed by atoms with Crippen molar-refractivity contribution in [2.45, 2.75) is 4.90 Å². The molecule has 2 nitrogen and oxygen atoms in total. The lowest BCUT2D eigenvalue weighted by Gasteiger charge is -2.13. The Balaban J connectivity index is 2.59. The summed E-state index contributed by atoms with van der Waals surface area (Å²) in [5.41, 5.74) is 2.11. The topological polar surface area (TPSA) is 18.5 Å². The van der Waals surface area contributed by atoms with Gasteiger partial charge in [0.1, 0.15) is 11.5 Å². The maximum Gasteiger partial charge on any atom is 0.143 e. The number of thiol groups is 1. The second-order valence-corrected chi connectivity index (χ2v) is 4.01. The summed E-state index contributed by atoms with van der Waals surface area (Å²) in [6, 6.07) is 13.9. The van der Waals surface area contributed by atoms with Crippen LogP contribution < -0.4 is 9.47 Å². The number of hydrogen-bond donors (Lipinski definition) is 1. The van der Waals surface area contributed by atoms with Crippen LogP contribution in [0.25, 0.3) is 11.1 Å². The predicted molar refractivity (Wildman–Crippen MR) is 72.2 cm³/mol. The molecule has 2 aromatic carbocycles. The smallest absolute Gasteiger partial charge is 0.143 e. The van der Waals surface area contributed by atoms with Gasteiger partial charge in [0.2, 0.25) is 0 Å². The Labute approximate surface area is 107 Å². The van der Waals surface area contributed by atoms with E-state index in [9.17, 15) is 0 Å². The molecule has 0 fully saturated rings. The van der Waals surface area contributed by atoms with Gasteiger partial charge in [-0.25, -0.2) is 0 Å². The standard InChI is InChI=1S/C14H14O2S/c1-15-12-9-8-11(13(16-2)14(12)17)10-6-4-3-5-7-10/h3-9,17H,1-2H3. The molecule has 0 spiro atoms. The van der Waals surface area contributed by atoms with Crippen LogP contribution in [-0.4, -0.2) is 14.2 Å². The van der Waals surface area contributed by atoms with Gasteiger partial charge in [-0.2, -0.15) is 0 Å². The summed E-state index contributed by atoms with van der Waals surface area (Å²) in [5, 5.41) is 0. The molecule has 0 radical (unpaired) electrons. The number of hydrogen-bond acceptors (Lipinski definition) is 3. The average molecular weight is 246 g/mol. The Morgan fingerprint density at radius 1 is 0.882 bits per heavy atom. The Morgan fingerprint density at radius 3 is 2.18 bits per heavy atom. The third-order valence-electron chi connectivity index (χ3n) is 2.60. The highest BCUT2D eigenvalue weighted by Crippen LogP contribution is 2.40. The van der Waals surface area contributed by atoms with E-state index in [1.807, 2.05) is 42.5 Å². The largest absolute Gasteiger partial charge is 0.495 e. The summed E-state index contributed by atoms with van der Waals surface area (Å²) in [6.45, 7) is 0. The van der Waals surface area contributed by atoms with Gasteiger partial charge in [-0.15, -0.1) is 12.6 Å². The Hall–Kier alpha value is -1.61. The van der Waals surface area contributed by atoms with Crippen LogP contribution in [0.3, 0.4) is 0 Å². The first kappa shape index (κ1) is 11.9. The van der Waals surface area contributed by atoms with Crippen molar-refractivity contribution < 1.29 is 9.47 Å². The van der Waals surface area contributed by atoms with E-state index in [-0.39, 0.29) is 0 Å². The van der Waals surface area contributed by atoms with Crippen LogP contribution in [0.1, 0.15) is 0 Å². The average Bonchev–Trinajstić information content (AvgIpc) is 2.39. The lowest BCUT2D eigenvalue weighted by Crippen LogP contribution is -1.93. The third kappa shape index (κ3) is 2.24. The van der Waals surface area contributed by atoms with Crippen LogP contribution in [0.2, 0.25) is 0 Å². The fraction of sp³-hybridized carbons (Fsp3) is 0.143. The molecular formula is C14H14O2S. The Morgan fingerprint density at radius 2 is 1.59 bits per heavy atom. The first-order chi connectivity index (χ1) is 8.27. The summed E-state index contributed by atoms with van der Waals surface area (Å²) in [4.78, 5) is 0.719. The van der Waals surface area contributed by atoms with E-state index in [1.54, 1.807) is 14.2 Å². The van der Waals surface area contributed by atoms with Gasteiger partial charge >= 0.3 is 0 Å². The fourth-order valence-corrected chi connectivity index (χ4v) is 2.15. The lowest BCUT2D eigenvalue weighted by atomic mass is 10.0. The van der Waals surface area contributed by atoms with Gasteiger partial charge in [0, 0.05) is 5.56 Å². The summed E-state index contributed by atoms with van der Waals surface area (Å²) in [6.07, 6.45) is 0. The van der Waals surface area contributed by atoms with Crippen molar-refractivity contribution in [2.24, 2.45) is 0 Å². The number of benzene rings is 2. The molecule has 0 saturated heterocycles. The molecule has 0 aliphatic carbocycles. The van der Waals surface area contributed by atoms with Crippen molar-refractivity contribution in [3.05, 3.63) is 42.5 Å². The van der Waals surface area contributed by atoms with Gasteiger partial charge in [-0.3, -0.25) is 0 Å². The highest BCUT2D eigenvalue weighted by molar-refractivity contribution is 7.80. The van der Waals surface area contributed by atoms with Gasteiger partial charge in [-0.1, -0.05) is 30.3 Å². The first-order valence-electron chi connectivity index (χ1n) is 5.27. The minimum atomic E-state index is 0.713. The molecule has 0 aliphatic rings. The minimum Gasteiger partial charge on any atom is -0.495 e. The molecule has 0 aromatic heterocycles. The third-order valence-corrected chi connectivity index (χ3v) is 3.03. The van der Waals surface area contributed by atoms with Crippen LogP contribution in [0, 0.1) is 0 Å². The number of ether oxygens (including phenoxy) is 2. The SMILES string of the molecule is COc1ccc(-c2ccccc2)c(OC)c1S. The number of methoxy groups -OCH3 is 2. The van der Waals surface area contributed by atoms with E-state index in [0.717, 1.165) is 21.8 Å². The van der Waals surface area contributed by atoms with Gasteiger partial charge in [0.15, 0.2) is 0 Å². The zero-order chi connectivity index (χ0) is 12.3. The second-order valence-electron chi connectivity index (χ2n) is 3.56. The summed E-state index contributed by atoms with van der Waals surface area (Å²) >= 11 is 4.44. The van der Waals surface area contributed by atoms with Crippen molar-refractivity contribution in [3.63, 3.8) is 0 Å². The zero-order valence-electron chi connectivity index (χ0n) is 9.81. The van der Waals surface area contributed by atoms with E-state index in [4.69, 9.17) is 9.47 Å². The maximum absolute atomic E-state index is 5.42. The molecule has 2 rings (SSSR count). The van der Waals surface area contributed by atoms with Crippen LogP contribution in [0.5, 0.6) is 11.5 Å². The summed E-state index contributed by atoms with van der Waals surface area (Å²) in [5.74, 6) is 1.45. The molecule has 0 bridgehead atoms. The summed E-state index contributed by atoms with van der Waals surface area (Å²) in [7, 11) is 3.26. The maximum atomic E-state index is 5.42. The van der Waals surface area contributed by atoms with Crippen molar-refractivity contribution in [3.8, 4) is 22.6 Å². The van der Waals surface area contributed by atoms with Crippen LogP contribution in [-0.2, 0) is 0 Å². The predicted octanol–water partition coefficient (Wildman–Crippen LogP) is 3.66. The molecule has 0 amide bonds. The first-order valence-corrected chi connectivity index (χ1v) is 5.72. The Bertz CT molecular complexity index is 509. The highest BCUT2D eigenvalue weighted by Gasteiger charge is 2.12. The molecule has 3 heteroatoms. The van der Waals surface area contributed by atoms with E-state index in [0.29, 0.717) is 5.75 Å². The monoisotopic (exact) mass is 246 g/mol. The van der Waals surface area contributed by atoms with Gasteiger partial charge in [0.25, 0.3) is 0 Å². The molecular weight excluding hydrogens is 232 g/mol. The quantitative estimate of drug-likeness (QED) is 0.833. The lowest BCUT2D eigenvalue weighted by molar-refractivity contribution is 0.378. The molecule has 88 valence electrons. The molecule has 0 unspecified atom stereocenters. The van der Waals surface area contributed by atoms with Gasteiger partial charge in [-0.05, 0) is 17.7 Å². The second kappa shape index (κ2) is 5.15. The van der Waals surface area contributed by atoms with Crippen molar-refractivity contribution >= 4 is 12.6 Å². The Kier molecular flexibility index (Phi) is 3.59. The van der Waals surface area contributed by atoms with Crippen LogP contribution in [0.4, 0.5) is 0 Å². The van der Waals surface area contributed by atoms with Crippen LogP contribution in [0.15, 0.2) is 47.4 Å². The van der Waals surface area contributed by atoms with E-state index >= 15 is 0 Å². The molecule has 17 heavy (non-hydrogen) atoms. The molecule has 2 aromatic rings. The molecule has 0 N–H and O–H groups in total. The highest BCUT2D eigenvalue weighted by atomic mass is 32.1. The number of rotatable bonds is 3. The van der Waals surface area contributed by atoms with E-state index in [1.165, 1.54) is 0 Å². The van der Waals surface area contributed by atoms with E-state index in [2.05, 4.69) is 12.6 Å². The van der Waals surface area contributed by atoms with Crippen molar-refractivity contribution in [1.29, 1.82) is 0 Å². The molecule has 0 saturated carbocycles. The minimum absolute atomic E-state index is 0.713. The molecule has 0 heterocycles. The summed E-state index contributed by atoms with van der Waals surface area (Å²) < 4.78 is 10.6. The zero-order valence-corrected chi connectivity index (χ0v) is 10.7. The van der Waals surface area contributed by atoms with Crippen molar-refractivity contribution in [1.82, 2.24) is 0 Å². The molecule has 0 aliphatic heterocycles. The normalized spacial score (nSPS) is 10.1. The fourth-order valence-electron chi connectivity index (χ4n) is 1.77. The van der Waals surface area contributed by atoms with Crippen LogP contribution >= 0.6 is 12.6 Å². The van der Waals surface area contributed by atoms with E-state index < -0.39 is 0 Å². The molecule has 0 atom stereocenters.